The van der Waals surface area contributed by atoms with Crippen LogP contribution in [-0.2, 0) is 6.42 Å². The molecule has 0 spiro atoms. The average Bonchev–Trinajstić information content (AvgIpc) is 2.25. The standard InChI is InChI=1S/C17H28/c1-12(2)7-8-15-9-16(13(3)4)11-17(10-15)14(5)6/h9-14H,7-8H2,1-6H3. The van der Waals surface area contributed by atoms with Gasteiger partial charge in [-0.3, -0.25) is 0 Å². The van der Waals surface area contributed by atoms with Crippen molar-refractivity contribution in [1.29, 1.82) is 0 Å². The smallest absolute Gasteiger partial charge is 0.0219 e. The molecule has 1 aromatic carbocycles. The molecule has 0 amide bonds. The van der Waals surface area contributed by atoms with Gasteiger partial charge >= 0.3 is 0 Å². The molecule has 17 heavy (non-hydrogen) atoms. The molecular formula is C17H28. The Labute approximate surface area is 107 Å². The highest BCUT2D eigenvalue weighted by Crippen LogP contribution is 2.24. The summed E-state index contributed by atoms with van der Waals surface area (Å²) in [6, 6.07) is 7.19. The van der Waals surface area contributed by atoms with E-state index < -0.39 is 0 Å². The van der Waals surface area contributed by atoms with Gasteiger partial charge in [0.05, 0.1) is 0 Å². The summed E-state index contributed by atoms with van der Waals surface area (Å²) < 4.78 is 0. The largest absolute Gasteiger partial charge is 0.0628 e. The molecule has 0 N–H and O–H groups in total. The second-order valence-corrected chi connectivity index (χ2v) is 6.25. The molecule has 1 aromatic rings. The zero-order valence-corrected chi connectivity index (χ0v) is 12.4. The van der Waals surface area contributed by atoms with Crippen molar-refractivity contribution in [1.82, 2.24) is 0 Å². The van der Waals surface area contributed by atoms with Crippen LogP contribution in [0.2, 0.25) is 0 Å². The predicted octanol–water partition coefficient (Wildman–Crippen LogP) is 5.52. The highest BCUT2D eigenvalue weighted by atomic mass is 14.1. The van der Waals surface area contributed by atoms with Gasteiger partial charge in [0.15, 0.2) is 0 Å². The summed E-state index contributed by atoms with van der Waals surface area (Å²) in [5.41, 5.74) is 4.51. The Balaban J connectivity index is 2.95. The first-order valence-electron chi connectivity index (χ1n) is 7.04. The molecule has 0 aliphatic heterocycles. The van der Waals surface area contributed by atoms with Gasteiger partial charge in [0.2, 0.25) is 0 Å². The van der Waals surface area contributed by atoms with E-state index in [4.69, 9.17) is 0 Å². The number of rotatable bonds is 5. The van der Waals surface area contributed by atoms with E-state index in [1.165, 1.54) is 29.5 Å². The first kappa shape index (κ1) is 14.3. The van der Waals surface area contributed by atoms with E-state index in [9.17, 15) is 0 Å². The molecule has 0 radical (unpaired) electrons. The van der Waals surface area contributed by atoms with Crippen LogP contribution in [0.5, 0.6) is 0 Å². The Bertz CT molecular complexity index is 319. The van der Waals surface area contributed by atoms with Crippen LogP contribution in [0.25, 0.3) is 0 Å². The van der Waals surface area contributed by atoms with E-state index in [0.29, 0.717) is 11.8 Å². The fourth-order valence-corrected chi connectivity index (χ4v) is 2.01. The predicted molar refractivity (Wildman–Crippen MR) is 77.8 cm³/mol. The Morgan fingerprint density at radius 3 is 1.59 bits per heavy atom. The fourth-order valence-electron chi connectivity index (χ4n) is 2.01. The SMILES string of the molecule is CC(C)CCc1cc(C(C)C)cc(C(C)C)c1. The highest BCUT2D eigenvalue weighted by molar-refractivity contribution is 5.33. The molecule has 0 nitrogen and oxygen atoms in total. The molecule has 0 atom stereocenters. The van der Waals surface area contributed by atoms with Gasteiger partial charge in [-0.15, -0.1) is 0 Å². The minimum absolute atomic E-state index is 0.631. The van der Waals surface area contributed by atoms with Crippen molar-refractivity contribution in [3.05, 3.63) is 34.9 Å². The van der Waals surface area contributed by atoms with Crippen LogP contribution in [0.3, 0.4) is 0 Å². The van der Waals surface area contributed by atoms with Crippen LogP contribution in [0.4, 0.5) is 0 Å². The van der Waals surface area contributed by atoms with Gasteiger partial charge in [0.25, 0.3) is 0 Å². The third-order valence-electron chi connectivity index (χ3n) is 3.38. The molecule has 1 rings (SSSR count). The highest BCUT2D eigenvalue weighted by Gasteiger charge is 2.07. The van der Waals surface area contributed by atoms with Gasteiger partial charge < -0.3 is 0 Å². The molecule has 0 saturated heterocycles. The van der Waals surface area contributed by atoms with Crippen molar-refractivity contribution in [2.24, 2.45) is 5.92 Å². The Morgan fingerprint density at radius 2 is 1.24 bits per heavy atom. The second kappa shape index (κ2) is 6.23. The number of benzene rings is 1. The van der Waals surface area contributed by atoms with Crippen molar-refractivity contribution < 1.29 is 0 Å². The lowest BCUT2D eigenvalue weighted by molar-refractivity contribution is 0.586. The summed E-state index contributed by atoms with van der Waals surface area (Å²) in [5.74, 6) is 2.05. The second-order valence-electron chi connectivity index (χ2n) is 6.25. The average molecular weight is 232 g/mol. The monoisotopic (exact) mass is 232 g/mol. The van der Waals surface area contributed by atoms with E-state index in [0.717, 1.165) is 5.92 Å². The van der Waals surface area contributed by atoms with Crippen molar-refractivity contribution in [3.63, 3.8) is 0 Å². The van der Waals surface area contributed by atoms with Crippen LogP contribution in [-0.4, -0.2) is 0 Å². The Kier molecular flexibility index (Phi) is 5.24. The zero-order valence-electron chi connectivity index (χ0n) is 12.4. The quantitative estimate of drug-likeness (QED) is 0.627. The van der Waals surface area contributed by atoms with E-state index in [1.54, 1.807) is 0 Å². The van der Waals surface area contributed by atoms with E-state index in [1.807, 2.05) is 0 Å². The first-order valence-corrected chi connectivity index (χ1v) is 7.04. The molecule has 0 aliphatic rings. The van der Waals surface area contributed by atoms with Gasteiger partial charge in [-0.2, -0.15) is 0 Å². The van der Waals surface area contributed by atoms with Crippen LogP contribution in [0.1, 0.15) is 76.5 Å². The lowest BCUT2D eigenvalue weighted by Crippen LogP contribution is -1.99. The Hall–Kier alpha value is -0.780. The molecule has 0 aromatic heterocycles. The van der Waals surface area contributed by atoms with Gasteiger partial charge in [-0.25, -0.2) is 0 Å². The third-order valence-corrected chi connectivity index (χ3v) is 3.38. The molecule has 0 fully saturated rings. The van der Waals surface area contributed by atoms with Gasteiger partial charge in [0, 0.05) is 0 Å². The molecule has 0 bridgehead atoms. The zero-order chi connectivity index (χ0) is 13.0. The molecule has 0 aliphatic carbocycles. The number of aryl methyl sites for hydroxylation is 1. The minimum atomic E-state index is 0.631. The summed E-state index contributed by atoms with van der Waals surface area (Å²) >= 11 is 0. The van der Waals surface area contributed by atoms with Crippen LogP contribution >= 0.6 is 0 Å². The van der Waals surface area contributed by atoms with Crippen LogP contribution in [0.15, 0.2) is 18.2 Å². The summed E-state index contributed by atoms with van der Waals surface area (Å²) in [5, 5.41) is 0. The van der Waals surface area contributed by atoms with Crippen LogP contribution in [0, 0.1) is 5.92 Å². The van der Waals surface area contributed by atoms with E-state index in [-0.39, 0.29) is 0 Å². The molecule has 96 valence electrons. The van der Waals surface area contributed by atoms with Gasteiger partial charge in [-0.1, -0.05) is 59.7 Å². The topological polar surface area (TPSA) is 0 Å². The minimum Gasteiger partial charge on any atom is -0.0628 e. The number of hydrogen-bond donors (Lipinski definition) is 0. The summed E-state index contributed by atoms with van der Waals surface area (Å²) in [4.78, 5) is 0. The third kappa shape index (κ3) is 4.53. The van der Waals surface area contributed by atoms with Gasteiger partial charge in [-0.05, 0) is 47.3 Å². The van der Waals surface area contributed by atoms with Crippen molar-refractivity contribution >= 4 is 0 Å². The number of hydrogen-bond acceptors (Lipinski definition) is 0. The molecule has 0 saturated carbocycles. The summed E-state index contributed by atoms with van der Waals surface area (Å²) in [6.45, 7) is 13.7. The molecular weight excluding hydrogens is 204 g/mol. The summed E-state index contributed by atoms with van der Waals surface area (Å²) in [6.07, 6.45) is 2.51. The Morgan fingerprint density at radius 1 is 0.765 bits per heavy atom. The fraction of sp³-hybridized carbons (Fsp3) is 0.647. The maximum absolute atomic E-state index is 2.40. The maximum atomic E-state index is 2.40. The van der Waals surface area contributed by atoms with Crippen LogP contribution < -0.4 is 0 Å². The molecule has 0 heteroatoms. The lowest BCUT2D eigenvalue weighted by Gasteiger charge is -2.15. The van der Waals surface area contributed by atoms with E-state index >= 15 is 0 Å². The first-order chi connectivity index (χ1) is 7.90. The summed E-state index contributed by atoms with van der Waals surface area (Å²) in [7, 11) is 0. The van der Waals surface area contributed by atoms with E-state index in [2.05, 4.69) is 59.7 Å². The molecule has 0 heterocycles. The van der Waals surface area contributed by atoms with Gasteiger partial charge in [0.1, 0.15) is 0 Å². The normalized spacial score (nSPS) is 11.8. The van der Waals surface area contributed by atoms with Crippen molar-refractivity contribution in [3.8, 4) is 0 Å². The van der Waals surface area contributed by atoms with Crippen molar-refractivity contribution in [2.75, 3.05) is 0 Å². The van der Waals surface area contributed by atoms with Crippen molar-refractivity contribution in [2.45, 2.75) is 66.2 Å². The maximum Gasteiger partial charge on any atom is -0.0219 e. The lowest BCUT2D eigenvalue weighted by atomic mass is 9.91. The molecule has 0 unspecified atom stereocenters.